The highest BCUT2D eigenvalue weighted by molar-refractivity contribution is 7.89. The lowest BCUT2D eigenvalue weighted by Crippen LogP contribution is -2.51. The van der Waals surface area contributed by atoms with Crippen LogP contribution < -0.4 is 15.2 Å². The maximum Gasteiger partial charge on any atom is 0.250 e. The number of ether oxygens (including phenoxy) is 2. The Morgan fingerprint density at radius 1 is 1.23 bits per heavy atom. The number of piperidine rings is 1. The fourth-order valence-corrected chi connectivity index (χ4v) is 5.01. The Morgan fingerprint density at radius 2 is 1.82 bits per heavy atom. The summed E-state index contributed by atoms with van der Waals surface area (Å²) in [5.41, 5.74) is 6.00. The number of nitrogens with zero attached hydrogens (tertiary/aromatic N) is 1. The topological polar surface area (TPSA) is 81.9 Å². The fraction of sp³-hybridized carbons (Fsp3) is 0.600. The lowest BCUT2D eigenvalue weighted by Gasteiger charge is -2.37. The molecule has 1 saturated heterocycles. The van der Waals surface area contributed by atoms with Crippen molar-refractivity contribution in [2.75, 3.05) is 20.8 Å². The van der Waals surface area contributed by atoms with Gasteiger partial charge in [0, 0.05) is 18.6 Å². The Morgan fingerprint density at radius 3 is 2.32 bits per heavy atom. The number of hydrogen-bond donors (Lipinski definition) is 1. The van der Waals surface area contributed by atoms with Gasteiger partial charge in [-0.15, -0.1) is 0 Å². The zero-order valence-electron chi connectivity index (χ0n) is 13.3. The molecule has 0 amide bonds. The van der Waals surface area contributed by atoms with E-state index in [9.17, 15) is 8.42 Å². The zero-order valence-corrected chi connectivity index (χ0v) is 14.1. The molecule has 1 aromatic rings. The number of nitrogens with two attached hydrogens (primary N) is 1. The average molecular weight is 328 g/mol. The first-order valence-electron chi connectivity index (χ1n) is 7.42. The second-order valence-electron chi connectivity index (χ2n) is 5.53. The van der Waals surface area contributed by atoms with Crippen LogP contribution in [0.15, 0.2) is 23.1 Å². The lowest BCUT2D eigenvalue weighted by atomic mass is 10.00. The molecule has 0 aliphatic carbocycles. The van der Waals surface area contributed by atoms with Crippen molar-refractivity contribution >= 4 is 10.0 Å². The molecule has 124 valence electrons. The van der Waals surface area contributed by atoms with Crippen molar-refractivity contribution in [2.24, 2.45) is 5.73 Å². The van der Waals surface area contributed by atoms with Gasteiger partial charge in [-0.05, 0) is 31.9 Å². The predicted molar refractivity (Wildman–Crippen MR) is 84.7 cm³/mol. The Balaban J connectivity index is 2.54. The maximum atomic E-state index is 13.2. The molecular weight excluding hydrogens is 304 g/mol. The number of benzene rings is 1. The van der Waals surface area contributed by atoms with Gasteiger partial charge in [-0.2, -0.15) is 4.31 Å². The molecule has 1 aliphatic rings. The minimum absolute atomic E-state index is 0.0764. The molecule has 2 unspecified atom stereocenters. The number of hydrogen-bond acceptors (Lipinski definition) is 5. The SMILES string of the molecule is COc1cccc(OC)c1S(=O)(=O)N1CCCCC1C(C)N. The standard InChI is InChI=1S/C15H24N2O4S/c1-11(16)12-7-4-5-10-17(12)22(18,19)15-13(20-2)8-6-9-14(15)21-3/h6,8-9,11-12H,4-5,7,10,16H2,1-3H3. The molecule has 0 aromatic heterocycles. The Hall–Kier alpha value is -1.31. The lowest BCUT2D eigenvalue weighted by molar-refractivity contribution is 0.226. The van der Waals surface area contributed by atoms with E-state index in [0.29, 0.717) is 6.54 Å². The summed E-state index contributed by atoms with van der Waals surface area (Å²) in [4.78, 5) is 0.0764. The smallest absolute Gasteiger partial charge is 0.250 e. The molecule has 0 radical (unpaired) electrons. The van der Waals surface area contributed by atoms with E-state index >= 15 is 0 Å². The maximum absolute atomic E-state index is 13.2. The van der Waals surface area contributed by atoms with Crippen molar-refractivity contribution in [1.29, 1.82) is 0 Å². The normalized spacial score (nSPS) is 21.4. The molecule has 1 aromatic carbocycles. The van der Waals surface area contributed by atoms with E-state index < -0.39 is 10.0 Å². The molecule has 1 heterocycles. The third kappa shape index (κ3) is 3.06. The van der Waals surface area contributed by atoms with Crippen LogP contribution in [0.1, 0.15) is 26.2 Å². The average Bonchev–Trinajstić information content (AvgIpc) is 2.53. The molecule has 6 nitrogen and oxygen atoms in total. The summed E-state index contributed by atoms with van der Waals surface area (Å²) >= 11 is 0. The van der Waals surface area contributed by atoms with Gasteiger partial charge >= 0.3 is 0 Å². The van der Waals surface area contributed by atoms with Crippen molar-refractivity contribution in [2.45, 2.75) is 43.2 Å². The van der Waals surface area contributed by atoms with Crippen molar-refractivity contribution in [1.82, 2.24) is 4.31 Å². The van der Waals surface area contributed by atoms with Crippen LogP contribution in [0, 0.1) is 0 Å². The Labute approximate surface area is 132 Å². The van der Waals surface area contributed by atoms with Gasteiger partial charge in [0.25, 0.3) is 10.0 Å². The molecule has 1 fully saturated rings. The molecule has 2 rings (SSSR count). The molecule has 2 atom stereocenters. The van der Waals surface area contributed by atoms with Crippen LogP contribution in [-0.4, -0.2) is 45.6 Å². The molecule has 7 heteroatoms. The Kier molecular flexibility index (Phi) is 5.31. The van der Waals surface area contributed by atoms with Crippen LogP contribution in [0.2, 0.25) is 0 Å². The van der Waals surface area contributed by atoms with Gasteiger partial charge in [0.15, 0.2) is 4.90 Å². The highest BCUT2D eigenvalue weighted by Crippen LogP contribution is 2.37. The zero-order chi connectivity index (χ0) is 16.3. The summed E-state index contributed by atoms with van der Waals surface area (Å²) in [5.74, 6) is 0.571. The Bertz CT molecular complexity index is 594. The summed E-state index contributed by atoms with van der Waals surface area (Å²) in [6, 6.07) is 4.53. The molecule has 0 spiro atoms. The van der Waals surface area contributed by atoms with Gasteiger partial charge in [0.2, 0.25) is 0 Å². The van der Waals surface area contributed by atoms with Crippen molar-refractivity contribution < 1.29 is 17.9 Å². The van der Waals surface area contributed by atoms with E-state index in [0.717, 1.165) is 19.3 Å². The first-order chi connectivity index (χ1) is 10.4. The van der Waals surface area contributed by atoms with E-state index in [1.807, 2.05) is 6.92 Å². The van der Waals surface area contributed by atoms with E-state index in [4.69, 9.17) is 15.2 Å². The van der Waals surface area contributed by atoms with E-state index in [1.54, 1.807) is 18.2 Å². The summed E-state index contributed by atoms with van der Waals surface area (Å²) in [6.45, 7) is 2.31. The van der Waals surface area contributed by atoms with Crippen LogP contribution in [0.25, 0.3) is 0 Å². The highest BCUT2D eigenvalue weighted by atomic mass is 32.2. The van der Waals surface area contributed by atoms with Gasteiger partial charge in [0.1, 0.15) is 11.5 Å². The molecule has 1 aliphatic heterocycles. The number of sulfonamides is 1. The van der Waals surface area contributed by atoms with E-state index in [2.05, 4.69) is 0 Å². The van der Waals surface area contributed by atoms with Crippen LogP contribution in [-0.2, 0) is 10.0 Å². The minimum Gasteiger partial charge on any atom is -0.495 e. The fourth-order valence-electron chi connectivity index (χ4n) is 2.94. The summed E-state index contributed by atoms with van der Waals surface area (Å²) in [5, 5.41) is 0. The molecule has 0 saturated carbocycles. The molecule has 0 bridgehead atoms. The van der Waals surface area contributed by atoms with Gasteiger partial charge in [-0.25, -0.2) is 8.42 Å². The van der Waals surface area contributed by atoms with E-state index in [-0.39, 0.29) is 28.5 Å². The number of rotatable bonds is 5. The van der Waals surface area contributed by atoms with Gasteiger partial charge < -0.3 is 15.2 Å². The minimum atomic E-state index is -3.74. The highest BCUT2D eigenvalue weighted by Gasteiger charge is 2.38. The van der Waals surface area contributed by atoms with Crippen molar-refractivity contribution in [3.8, 4) is 11.5 Å². The van der Waals surface area contributed by atoms with E-state index in [1.165, 1.54) is 18.5 Å². The van der Waals surface area contributed by atoms with Crippen LogP contribution in [0.4, 0.5) is 0 Å². The monoisotopic (exact) mass is 328 g/mol. The first-order valence-corrected chi connectivity index (χ1v) is 8.86. The van der Waals surface area contributed by atoms with Gasteiger partial charge in [-0.3, -0.25) is 0 Å². The first kappa shape index (κ1) is 17.1. The third-order valence-electron chi connectivity index (χ3n) is 4.05. The largest absolute Gasteiger partial charge is 0.495 e. The van der Waals surface area contributed by atoms with Gasteiger partial charge in [0.05, 0.1) is 14.2 Å². The molecule has 2 N–H and O–H groups in total. The second kappa shape index (κ2) is 6.85. The second-order valence-corrected chi connectivity index (χ2v) is 7.36. The molecule has 22 heavy (non-hydrogen) atoms. The van der Waals surface area contributed by atoms with Crippen molar-refractivity contribution in [3.63, 3.8) is 0 Å². The summed E-state index contributed by atoms with van der Waals surface area (Å²) in [7, 11) is -0.836. The van der Waals surface area contributed by atoms with Crippen LogP contribution in [0.3, 0.4) is 0 Å². The predicted octanol–water partition coefficient (Wildman–Crippen LogP) is 1.59. The third-order valence-corrected chi connectivity index (χ3v) is 6.04. The quantitative estimate of drug-likeness (QED) is 0.888. The summed E-state index contributed by atoms with van der Waals surface area (Å²) in [6.07, 6.45) is 2.59. The van der Waals surface area contributed by atoms with Crippen LogP contribution in [0.5, 0.6) is 11.5 Å². The van der Waals surface area contributed by atoms with Gasteiger partial charge in [-0.1, -0.05) is 12.5 Å². The molecular formula is C15H24N2O4S. The summed E-state index contributed by atoms with van der Waals surface area (Å²) < 4.78 is 38.3. The number of methoxy groups -OCH3 is 2. The van der Waals surface area contributed by atoms with Crippen molar-refractivity contribution in [3.05, 3.63) is 18.2 Å². The van der Waals surface area contributed by atoms with Crippen LogP contribution >= 0.6 is 0 Å².